The van der Waals surface area contributed by atoms with Crippen LogP contribution in [-0.2, 0) is 26.0 Å². The van der Waals surface area contributed by atoms with Gasteiger partial charge < -0.3 is 14.0 Å². The third kappa shape index (κ3) is 3.79. The van der Waals surface area contributed by atoms with Crippen molar-refractivity contribution >= 4 is 20.9 Å². The highest BCUT2D eigenvalue weighted by molar-refractivity contribution is 7.89. The van der Waals surface area contributed by atoms with Gasteiger partial charge in [0.2, 0.25) is 10.0 Å². The first-order valence-electron chi connectivity index (χ1n) is 6.31. The highest BCUT2D eigenvalue weighted by Gasteiger charge is 2.17. The molecule has 0 unspecified atom stereocenters. The van der Waals surface area contributed by atoms with E-state index in [0.29, 0.717) is 31.9 Å². The first kappa shape index (κ1) is 15.9. The molecule has 1 aromatic carbocycles. The summed E-state index contributed by atoms with van der Waals surface area (Å²) in [5.74, 6) is -0.513. The number of halogens is 1. The second-order valence-corrected chi connectivity index (χ2v) is 6.03. The summed E-state index contributed by atoms with van der Waals surface area (Å²) < 4.78 is 48.4. The number of hydrogen-bond acceptors (Lipinski definition) is 4. The number of nitrogens with zero attached hydrogens (tertiary/aromatic N) is 1. The fourth-order valence-corrected chi connectivity index (χ4v) is 2.80. The SMILES string of the molecule is COCCOCCn1cc(S(N)(=O)=O)c2cc(F)ccc21. The standard InChI is InChI=1S/C13H17FN2O4S/c1-19-6-7-20-5-4-16-9-13(21(15,17)18)11-8-10(14)2-3-12(11)16/h2-3,8-9H,4-7H2,1H3,(H2,15,17,18). The zero-order valence-electron chi connectivity index (χ0n) is 11.6. The minimum absolute atomic E-state index is 0.0890. The second-order valence-electron chi connectivity index (χ2n) is 4.50. The summed E-state index contributed by atoms with van der Waals surface area (Å²) in [6, 6.07) is 3.96. The lowest BCUT2D eigenvalue weighted by molar-refractivity contribution is 0.0670. The zero-order chi connectivity index (χ0) is 15.5. The van der Waals surface area contributed by atoms with Crippen molar-refractivity contribution in [1.82, 2.24) is 4.57 Å². The summed E-state index contributed by atoms with van der Waals surface area (Å²) in [4.78, 5) is -0.0890. The van der Waals surface area contributed by atoms with Crippen LogP contribution in [-0.4, -0.2) is 39.9 Å². The Morgan fingerprint density at radius 2 is 2.05 bits per heavy atom. The highest BCUT2D eigenvalue weighted by atomic mass is 32.2. The van der Waals surface area contributed by atoms with Gasteiger partial charge in [-0.1, -0.05) is 0 Å². The summed E-state index contributed by atoms with van der Waals surface area (Å²) >= 11 is 0. The third-order valence-corrected chi connectivity index (χ3v) is 3.96. The molecule has 0 spiro atoms. The Morgan fingerprint density at radius 1 is 1.29 bits per heavy atom. The van der Waals surface area contributed by atoms with Crippen LogP contribution >= 0.6 is 0 Å². The molecule has 1 heterocycles. The van der Waals surface area contributed by atoms with Gasteiger partial charge in [-0.3, -0.25) is 0 Å². The van der Waals surface area contributed by atoms with Crippen molar-refractivity contribution < 1.29 is 22.3 Å². The molecule has 8 heteroatoms. The number of ether oxygens (including phenoxy) is 2. The van der Waals surface area contributed by atoms with Crippen LogP contribution in [0.25, 0.3) is 10.9 Å². The van der Waals surface area contributed by atoms with Crippen molar-refractivity contribution in [3.8, 4) is 0 Å². The number of methoxy groups -OCH3 is 1. The molecular weight excluding hydrogens is 299 g/mol. The highest BCUT2D eigenvalue weighted by Crippen LogP contribution is 2.25. The van der Waals surface area contributed by atoms with Gasteiger partial charge in [0.25, 0.3) is 0 Å². The Kier molecular flexibility index (Phi) is 4.94. The molecule has 0 amide bonds. The molecule has 116 valence electrons. The molecule has 6 nitrogen and oxygen atoms in total. The molecule has 0 fully saturated rings. The molecule has 2 aromatic rings. The van der Waals surface area contributed by atoms with Crippen molar-refractivity contribution in [2.24, 2.45) is 5.14 Å². The van der Waals surface area contributed by atoms with E-state index >= 15 is 0 Å². The van der Waals surface area contributed by atoms with E-state index in [9.17, 15) is 12.8 Å². The van der Waals surface area contributed by atoms with Gasteiger partial charge in [-0.05, 0) is 18.2 Å². The Bertz CT molecular complexity index is 727. The molecule has 0 aliphatic rings. The first-order chi connectivity index (χ1) is 9.93. The molecule has 0 radical (unpaired) electrons. The summed E-state index contributed by atoms with van der Waals surface area (Å²) in [7, 11) is -2.33. The number of benzene rings is 1. The molecule has 0 bridgehead atoms. The number of hydrogen-bond donors (Lipinski definition) is 1. The fraction of sp³-hybridized carbons (Fsp3) is 0.385. The van der Waals surface area contributed by atoms with E-state index in [0.717, 1.165) is 6.07 Å². The van der Waals surface area contributed by atoms with Crippen molar-refractivity contribution in [1.29, 1.82) is 0 Å². The maximum atomic E-state index is 13.3. The number of primary sulfonamides is 1. The van der Waals surface area contributed by atoms with Crippen molar-refractivity contribution in [3.63, 3.8) is 0 Å². The van der Waals surface area contributed by atoms with E-state index in [1.54, 1.807) is 11.7 Å². The van der Waals surface area contributed by atoms with Crippen LogP contribution < -0.4 is 5.14 Å². The van der Waals surface area contributed by atoms with Gasteiger partial charge in [-0.25, -0.2) is 17.9 Å². The summed E-state index contributed by atoms with van der Waals surface area (Å²) in [6.07, 6.45) is 1.40. The van der Waals surface area contributed by atoms with Crippen LogP contribution in [0.5, 0.6) is 0 Å². The van der Waals surface area contributed by atoms with Gasteiger partial charge in [-0.2, -0.15) is 0 Å². The average molecular weight is 316 g/mol. The maximum absolute atomic E-state index is 13.3. The second kappa shape index (κ2) is 6.52. The minimum Gasteiger partial charge on any atom is -0.382 e. The number of aromatic nitrogens is 1. The Hall–Kier alpha value is -1.48. The zero-order valence-corrected chi connectivity index (χ0v) is 12.4. The molecule has 0 aliphatic carbocycles. The molecular formula is C13H17FN2O4S. The number of fused-ring (bicyclic) bond motifs is 1. The summed E-state index contributed by atoms with van der Waals surface area (Å²) in [6.45, 7) is 1.75. The van der Waals surface area contributed by atoms with E-state index in [1.165, 1.54) is 18.3 Å². The Morgan fingerprint density at radius 3 is 2.71 bits per heavy atom. The van der Waals surface area contributed by atoms with E-state index in [1.807, 2.05) is 0 Å². The first-order valence-corrected chi connectivity index (χ1v) is 7.86. The van der Waals surface area contributed by atoms with E-state index in [-0.39, 0.29) is 10.3 Å². The monoisotopic (exact) mass is 316 g/mol. The molecule has 2 rings (SSSR count). The summed E-state index contributed by atoms with van der Waals surface area (Å²) in [5.41, 5.74) is 0.593. The van der Waals surface area contributed by atoms with Gasteiger partial charge in [-0.15, -0.1) is 0 Å². The third-order valence-electron chi connectivity index (χ3n) is 3.02. The average Bonchev–Trinajstić information content (AvgIpc) is 2.76. The lowest BCUT2D eigenvalue weighted by Gasteiger charge is -2.06. The van der Waals surface area contributed by atoms with Gasteiger partial charge in [0.15, 0.2) is 0 Å². The molecule has 0 atom stereocenters. The Labute approximate surface area is 122 Å². The van der Waals surface area contributed by atoms with Crippen LogP contribution in [0.4, 0.5) is 4.39 Å². The number of sulfonamides is 1. The van der Waals surface area contributed by atoms with Crippen molar-refractivity contribution in [2.75, 3.05) is 26.9 Å². The molecule has 0 aliphatic heterocycles. The topological polar surface area (TPSA) is 83.5 Å². The maximum Gasteiger partial charge on any atom is 0.240 e. The van der Waals surface area contributed by atoms with Crippen LogP contribution in [0, 0.1) is 5.82 Å². The number of rotatable bonds is 7. The van der Waals surface area contributed by atoms with E-state index in [4.69, 9.17) is 14.6 Å². The smallest absolute Gasteiger partial charge is 0.240 e. The lowest BCUT2D eigenvalue weighted by Crippen LogP contribution is -2.12. The molecule has 21 heavy (non-hydrogen) atoms. The minimum atomic E-state index is -3.91. The van der Waals surface area contributed by atoms with E-state index in [2.05, 4.69) is 0 Å². The van der Waals surface area contributed by atoms with Crippen LogP contribution in [0.15, 0.2) is 29.3 Å². The van der Waals surface area contributed by atoms with Crippen molar-refractivity contribution in [2.45, 2.75) is 11.4 Å². The number of nitrogens with two attached hydrogens (primary N) is 1. The quantitative estimate of drug-likeness (QED) is 0.775. The van der Waals surface area contributed by atoms with Gasteiger partial charge in [0.05, 0.1) is 19.8 Å². The predicted octanol–water partition coefficient (Wildman–Crippen LogP) is 1.09. The van der Waals surface area contributed by atoms with E-state index < -0.39 is 15.8 Å². The van der Waals surface area contributed by atoms with Crippen molar-refractivity contribution in [3.05, 3.63) is 30.2 Å². The van der Waals surface area contributed by atoms with Crippen LogP contribution in [0.1, 0.15) is 0 Å². The van der Waals surface area contributed by atoms with Crippen LogP contribution in [0.3, 0.4) is 0 Å². The Balaban J connectivity index is 2.28. The fourth-order valence-electron chi connectivity index (χ4n) is 2.06. The molecule has 0 saturated heterocycles. The van der Waals surface area contributed by atoms with Gasteiger partial charge in [0.1, 0.15) is 10.7 Å². The lowest BCUT2D eigenvalue weighted by atomic mass is 10.2. The van der Waals surface area contributed by atoms with Crippen LogP contribution in [0.2, 0.25) is 0 Å². The van der Waals surface area contributed by atoms with Gasteiger partial charge in [0, 0.05) is 30.8 Å². The molecule has 0 saturated carbocycles. The molecule has 1 aromatic heterocycles. The predicted molar refractivity (Wildman–Crippen MR) is 76.0 cm³/mol. The normalized spacial score (nSPS) is 12.1. The largest absolute Gasteiger partial charge is 0.382 e. The van der Waals surface area contributed by atoms with Gasteiger partial charge >= 0.3 is 0 Å². The molecule has 2 N–H and O–H groups in total. The summed E-state index contributed by atoms with van der Waals surface area (Å²) in [5, 5.41) is 5.44.